The molecular weight excluding hydrogens is 411 g/mol. The number of non-ortho nitro benzene ring substituents is 1. The summed E-state index contributed by atoms with van der Waals surface area (Å²) in [5, 5.41) is 18.3. The summed E-state index contributed by atoms with van der Waals surface area (Å²) >= 11 is 6.09. The molecule has 1 N–H and O–H groups in total. The largest absolute Gasteiger partial charge is 0.319 e. The second kappa shape index (κ2) is 8.87. The Morgan fingerprint density at radius 3 is 2.73 bits per heavy atom. The minimum Gasteiger partial charge on any atom is -0.319 e. The van der Waals surface area contributed by atoms with E-state index in [4.69, 9.17) is 11.6 Å². The van der Waals surface area contributed by atoms with E-state index < -0.39 is 16.6 Å². The molecule has 1 aromatic heterocycles. The molecule has 3 aromatic rings. The van der Waals surface area contributed by atoms with Crippen molar-refractivity contribution < 1.29 is 14.1 Å². The molecule has 1 heterocycles. The fourth-order valence-corrected chi connectivity index (χ4v) is 3.17. The van der Waals surface area contributed by atoms with Crippen molar-refractivity contribution in [3.05, 3.63) is 92.0 Å². The van der Waals surface area contributed by atoms with Crippen molar-refractivity contribution in [1.82, 2.24) is 9.78 Å². The summed E-state index contributed by atoms with van der Waals surface area (Å²) in [7, 11) is 0. The van der Waals surface area contributed by atoms with Gasteiger partial charge in [-0.25, -0.2) is 4.39 Å². The second-order valence-electron chi connectivity index (χ2n) is 6.58. The van der Waals surface area contributed by atoms with E-state index in [0.717, 1.165) is 0 Å². The maximum absolute atomic E-state index is 14.1. The van der Waals surface area contributed by atoms with Crippen LogP contribution in [0.5, 0.6) is 0 Å². The summed E-state index contributed by atoms with van der Waals surface area (Å²) in [6, 6.07) is 10.4. The summed E-state index contributed by atoms with van der Waals surface area (Å²) in [5.74, 6) is -0.850. The second-order valence-corrected chi connectivity index (χ2v) is 6.99. The molecular formula is C21H18ClFN4O3. The van der Waals surface area contributed by atoms with Gasteiger partial charge in [0, 0.05) is 28.8 Å². The summed E-state index contributed by atoms with van der Waals surface area (Å²) in [5.41, 5.74) is 2.50. The summed E-state index contributed by atoms with van der Waals surface area (Å²) in [4.78, 5) is 22.7. The molecule has 9 heteroatoms. The SMILES string of the molecule is Cc1nn(Cc2c(F)cccc2Cl)c(C)c1NC(=O)/C=C/c1cccc([N+](=O)[O-])c1. The lowest BCUT2D eigenvalue weighted by Gasteiger charge is -2.08. The molecule has 0 saturated heterocycles. The molecule has 0 aliphatic rings. The predicted molar refractivity (Wildman–Crippen MR) is 113 cm³/mol. The zero-order valence-corrected chi connectivity index (χ0v) is 17.0. The molecule has 30 heavy (non-hydrogen) atoms. The number of amides is 1. The lowest BCUT2D eigenvalue weighted by molar-refractivity contribution is -0.384. The van der Waals surface area contributed by atoms with Gasteiger partial charge in [0.1, 0.15) is 5.82 Å². The predicted octanol–water partition coefficient (Wildman–Crippen LogP) is 4.90. The first-order chi connectivity index (χ1) is 14.3. The normalized spacial score (nSPS) is 11.1. The Kier molecular flexibility index (Phi) is 6.27. The van der Waals surface area contributed by atoms with Crippen LogP contribution < -0.4 is 5.32 Å². The number of nitro benzene ring substituents is 1. The van der Waals surface area contributed by atoms with Crippen molar-refractivity contribution in [2.75, 3.05) is 5.32 Å². The maximum Gasteiger partial charge on any atom is 0.270 e. The van der Waals surface area contributed by atoms with Crippen molar-refractivity contribution in [1.29, 1.82) is 0 Å². The van der Waals surface area contributed by atoms with Crippen LogP contribution in [0.1, 0.15) is 22.5 Å². The average molecular weight is 429 g/mol. The van der Waals surface area contributed by atoms with Crippen LogP contribution in [0, 0.1) is 29.8 Å². The van der Waals surface area contributed by atoms with Crippen LogP contribution >= 0.6 is 11.6 Å². The van der Waals surface area contributed by atoms with Crippen molar-refractivity contribution in [2.24, 2.45) is 0 Å². The molecule has 0 spiro atoms. The number of rotatable bonds is 6. The van der Waals surface area contributed by atoms with Crippen molar-refractivity contribution in [2.45, 2.75) is 20.4 Å². The van der Waals surface area contributed by atoms with Gasteiger partial charge in [0.25, 0.3) is 5.69 Å². The van der Waals surface area contributed by atoms with Gasteiger partial charge in [-0.3, -0.25) is 19.6 Å². The Morgan fingerprint density at radius 1 is 1.30 bits per heavy atom. The molecule has 3 rings (SSSR count). The third kappa shape index (κ3) is 4.72. The summed E-state index contributed by atoms with van der Waals surface area (Å²) in [6.07, 6.45) is 2.76. The lowest BCUT2D eigenvalue weighted by Crippen LogP contribution is -2.10. The van der Waals surface area contributed by atoms with Crippen LogP contribution in [-0.4, -0.2) is 20.6 Å². The first-order valence-electron chi connectivity index (χ1n) is 8.96. The monoisotopic (exact) mass is 428 g/mol. The van der Waals surface area contributed by atoms with Crippen LogP contribution in [-0.2, 0) is 11.3 Å². The molecule has 7 nitrogen and oxygen atoms in total. The molecule has 1 amide bonds. The molecule has 0 aliphatic carbocycles. The third-order valence-electron chi connectivity index (χ3n) is 4.51. The van der Waals surface area contributed by atoms with Crippen molar-refractivity contribution >= 4 is 35.0 Å². The fourth-order valence-electron chi connectivity index (χ4n) is 2.94. The van der Waals surface area contributed by atoms with Crippen molar-refractivity contribution in [3.8, 4) is 0 Å². The Bertz CT molecular complexity index is 1140. The van der Waals surface area contributed by atoms with Gasteiger partial charge in [-0.1, -0.05) is 29.8 Å². The van der Waals surface area contributed by atoms with Gasteiger partial charge in [0.2, 0.25) is 5.91 Å². The highest BCUT2D eigenvalue weighted by Gasteiger charge is 2.16. The minimum absolute atomic E-state index is 0.0580. The van der Waals surface area contributed by atoms with Crippen LogP contribution in [0.2, 0.25) is 5.02 Å². The van der Waals surface area contributed by atoms with Gasteiger partial charge in [0.15, 0.2) is 0 Å². The van der Waals surface area contributed by atoms with Gasteiger partial charge in [-0.2, -0.15) is 5.10 Å². The fraction of sp³-hybridized carbons (Fsp3) is 0.143. The van der Waals surface area contributed by atoms with Gasteiger partial charge in [0.05, 0.1) is 28.5 Å². The number of nitrogens with one attached hydrogen (secondary N) is 1. The Labute approximate surface area is 176 Å². The highest BCUT2D eigenvalue weighted by atomic mass is 35.5. The quantitative estimate of drug-likeness (QED) is 0.343. The standard InChI is InChI=1S/C21H18ClFN4O3/c1-13-21(14(2)26(25-13)12-17-18(22)7-4-8-19(17)23)24-20(28)10-9-15-5-3-6-16(11-15)27(29)30/h3-11H,12H2,1-2H3,(H,24,28)/b10-9+. The van der Waals surface area contributed by atoms with Gasteiger partial charge >= 0.3 is 0 Å². The molecule has 0 radical (unpaired) electrons. The number of halogens is 2. The number of aromatic nitrogens is 2. The highest BCUT2D eigenvalue weighted by Crippen LogP contribution is 2.24. The van der Waals surface area contributed by atoms with E-state index >= 15 is 0 Å². The third-order valence-corrected chi connectivity index (χ3v) is 4.86. The van der Waals surface area contributed by atoms with E-state index in [-0.39, 0.29) is 12.2 Å². The summed E-state index contributed by atoms with van der Waals surface area (Å²) < 4.78 is 15.6. The van der Waals surface area contributed by atoms with Crippen LogP contribution in [0.4, 0.5) is 15.8 Å². The number of nitro groups is 1. The molecule has 0 fully saturated rings. The van der Waals surface area contributed by atoms with Crippen LogP contribution in [0.15, 0.2) is 48.5 Å². The summed E-state index contributed by atoms with van der Waals surface area (Å²) in [6.45, 7) is 3.61. The molecule has 0 aliphatic heterocycles. The number of hydrogen-bond acceptors (Lipinski definition) is 4. The van der Waals surface area contributed by atoms with E-state index in [2.05, 4.69) is 10.4 Å². The smallest absolute Gasteiger partial charge is 0.270 e. The van der Waals surface area contributed by atoms with E-state index in [9.17, 15) is 19.3 Å². The molecule has 2 aromatic carbocycles. The van der Waals surface area contributed by atoms with E-state index in [1.807, 2.05) is 0 Å². The van der Waals surface area contributed by atoms with Gasteiger partial charge < -0.3 is 5.32 Å². The van der Waals surface area contributed by atoms with E-state index in [1.165, 1.54) is 36.4 Å². The zero-order chi connectivity index (χ0) is 21.8. The lowest BCUT2D eigenvalue weighted by atomic mass is 10.2. The maximum atomic E-state index is 14.1. The first-order valence-corrected chi connectivity index (χ1v) is 9.34. The Hall–Kier alpha value is -3.52. The molecule has 0 atom stereocenters. The number of anilines is 1. The average Bonchev–Trinajstić information content (AvgIpc) is 2.97. The number of nitrogens with zero attached hydrogens (tertiary/aromatic N) is 3. The number of carbonyl (C=O) groups is 1. The zero-order valence-electron chi connectivity index (χ0n) is 16.2. The van der Waals surface area contributed by atoms with E-state index in [1.54, 1.807) is 36.7 Å². The first kappa shape index (κ1) is 21.2. The van der Waals surface area contributed by atoms with E-state index in [0.29, 0.717) is 33.2 Å². The van der Waals surface area contributed by atoms with Crippen LogP contribution in [0.3, 0.4) is 0 Å². The number of benzene rings is 2. The Morgan fingerprint density at radius 2 is 2.03 bits per heavy atom. The number of aryl methyl sites for hydroxylation is 1. The number of hydrogen-bond donors (Lipinski definition) is 1. The number of carbonyl (C=O) groups excluding carboxylic acids is 1. The highest BCUT2D eigenvalue weighted by molar-refractivity contribution is 6.31. The topological polar surface area (TPSA) is 90.1 Å². The minimum atomic E-state index is -0.500. The van der Waals surface area contributed by atoms with Crippen molar-refractivity contribution in [3.63, 3.8) is 0 Å². The van der Waals surface area contributed by atoms with Gasteiger partial charge in [-0.15, -0.1) is 0 Å². The molecule has 154 valence electrons. The van der Waals surface area contributed by atoms with Gasteiger partial charge in [-0.05, 0) is 37.6 Å². The molecule has 0 bridgehead atoms. The molecule has 0 unspecified atom stereocenters. The Balaban J connectivity index is 1.76. The van der Waals surface area contributed by atoms with Crippen LogP contribution in [0.25, 0.3) is 6.08 Å². The molecule has 0 saturated carbocycles.